The summed E-state index contributed by atoms with van der Waals surface area (Å²) in [5.41, 5.74) is 1.70. The van der Waals surface area contributed by atoms with Gasteiger partial charge >= 0.3 is 0 Å². The van der Waals surface area contributed by atoms with Crippen molar-refractivity contribution in [2.45, 2.75) is 6.23 Å². The second-order valence-electron chi connectivity index (χ2n) is 3.99. The van der Waals surface area contributed by atoms with Crippen LogP contribution in [0.5, 0.6) is 5.75 Å². The van der Waals surface area contributed by atoms with Gasteiger partial charge in [0.1, 0.15) is 5.75 Å². The van der Waals surface area contributed by atoms with E-state index in [4.69, 9.17) is 4.74 Å². The molecular weight excluding hydrogens is 232 g/mol. The summed E-state index contributed by atoms with van der Waals surface area (Å²) in [7, 11) is 0. The Bertz CT molecular complexity index is 588. The molecule has 1 unspecified atom stereocenters. The minimum Gasteiger partial charge on any atom is -0.464 e. The second kappa shape index (κ2) is 4.03. The van der Waals surface area contributed by atoms with Gasteiger partial charge in [0.25, 0.3) is 5.69 Å². The number of benzene rings is 2. The van der Waals surface area contributed by atoms with Gasteiger partial charge < -0.3 is 10.1 Å². The quantitative estimate of drug-likeness (QED) is 0.649. The fourth-order valence-electron chi connectivity index (χ4n) is 1.94. The number of nitro benzene ring substituents is 1. The van der Waals surface area contributed by atoms with Crippen molar-refractivity contribution >= 4 is 11.4 Å². The molecule has 18 heavy (non-hydrogen) atoms. The number of nitro groups is 1. The molecule has 5 nitrogen and oxygen atoms in total. The van der Waals surface area contributed by atoms with Gasteiger partial charge in [-0.3, -0.25) is 10.1 Å². The SMILES string of the molecule is O=[N+]([O-])c1cccc(C2Nc3ccccc3O2)c1. The Balaban J connectivity index is 1.90. The van der Waals surface area contributed by atoms with Gasteiger partial charge in [0, 0.05) is 17.7 Å². The number of fused-ring (bicyclic) bond motifs is 1. The summed E-state index contributed by atoms with van der Waals surface area (Å²) in [6.07, 6.45) is -0.373. The standard InChI is InChI=1S/C13H10N2O3/c16-15(17)10-5-3-4-9(8-10)13-14-11-6-1-2-7-12(11)18-13/h1-8,13-14H. The lowest BCUT2D eigenvalue weighted by Crippen LogP contribution is -2.10. The lowest BCUT2D eigenvalue weighted by molar-refractivity contribution is -0.385. The van der Waals surface area contributed by atoms with Crippen molar-refractivity contribution in [2.24, 2.45) is 0 Å². The maximum absolute atomic E-state index is 10.7. The smallest absolute Gasteiger partial charge is 0.269 e. The number of ether oxygens (including phenoxy) is 1. The van der Waals surface area contributed by atoms with Crippen molar-refractivity contribution in [3.8, 4) is 5.75 Å². The highest BCUT2D eigenvalue weighted by molar-refractivity contribution is 5.60. The highest BCUT2D eigenvalue weighted by atomic mass is 16.6. The van der Waals surface area contributed by atoms with Crippen LogP contribution in [-0.2, 0) is 0 Å². The molecule has 0 spiro atoms. The van der Waals surface area contributed by atoms with Crippen LogP contribution in [0.1, 0.15) is 11.8 Å². The van der Waals surface area contributed by atoms with Gasteiger partial charge in [0.05, 0.1) is 10.6 Å². The lowest BCUT2D eigenvalue weighted by Gasteiger charge is -2.11. The van der Waals surface area contributed by atoms with Crippen molar-refractivity contribution in [1.82, 2.24) is 0 Å². The Hall–Kier alpha value is -2.56. The van der Waals surface area contributed by atoms with Crippen LogP contribution in [0.3, 0.4) is 0 Å². The zero-order valence-electron chi connectivity index (χ0n) is 9.37. The zero-order valence-corrected chi connectivity index (χ0v) is 9.37. The maximum Gasteiger partial charge on any atom is 0.269 e. The van der Waals surface area contributed by atoms with Crippen LogP contribution in [0.4, 0.5) is 11.4 Å². The summed E-state index contributed by atoms with van der Waals surface area (Å²) in [5.74, 6) is 0.758. The van der Waals surface area contributed by atoms with E-state index >= 15 is 0 Å². The molecule has 0 bridgehead atoms. The average Bonchev–Trinajstić information content (AvgIpc) is 2.82. The van der Waals surface area contributed by atoms with E-state index in [1.165, 1.54) is 12.1 Å². The molecule has 90 valence electrons. The van der Waals surface area contributed by atoms with E-state index in [1.807, 2.05) is 24.3 Å². The summed E-state index contributed by atoms with van der Waals surface area (Å²) in [4.78, 5) is 10.3. The Morgan fingerprint density at radius 3 is 2.78 bits per heavy atom. The predicted octanol–water partition coefficient (Wildman–Crippen LogP) is 3.10. The third kappa shape index (κ3) is 1.75. The van der Waals surface area contributed by atoms with Crippen molar-refractivity contribution in [3.05, 3.63) is 64.2 Å². The molecule has 2 aromatic rings. The third-order valence-corrected chi connectivity index (χ3v) is 2.80. The number of anilines is 1. The van der Waals surface area contributed by atoms with Crippen LogP contribution in [0.25, 0.3) is 0 Å². The van der Waals surface area contributed by atoms with Crippen LogP contribution < -0.4 is 10.1 Å². The summed E-state index contributed by atoms with van der Waals surface area (Å²) in [6, 6.07) is 14.0. The minimum atomic E-state index is -0.411. The molecule has 1 aliphatic rings. The Morgan fingerprint density at radius 1 is 1.17 bits per heavy atom. The Labute approximate surface area is 103 Å². The molecule has 0 saturated heterocycles. The molecule has 1 atom stereocenters. The van der Waals surface area contributed by atoms with Gasteiger partial charge in [0.2, 0.25) is 0 Å². The monoisotopic (exact) mass is 242 g/mol. The molecule has 2 aromatic carbocycles. The maximum atomic E-state index is 10.7. The van der Waals surface area contributed by atoms with Gasteiger partial charge in [0.15, 0.2) is 6.23 Å². The summed E-state index contributed by atoms with van der Waals surface area (Å²) in [6.45, 7) is 0. The number of nitrogens with one attached hydrogen (secondary N) is 1. The van der Waals surface area contributed by atoms with Crippen molar-refractivity contribution in [2.75, 3.05) is 5.32 Å². The third-order valence-electron chi connectivity index (χ3n) is 2.80. The molecule has 1 N–H and O–H groups in total. The normalized spacial score (nSPS) is 16.6. The van der Waals surface area contributed by atoms with Gasteiger partial charge in [-0.05, 0) is 12.1 Å². The van der Waals surface area contributed by atoms with Crippen molar-refractivity contribution < 1.29 is 9.66 Å². The van der Waals surface area contributed by atoms with E-state index in [0.717, 1.165) is 17.0 Å². The van der Waals surface area contributed by atoms with Gasteiger partial charge in [-0.25, -0.2) is 0 Å². The largest absolute Gasteiger partial charge is 0.464 e. The molecule has 1 heterocycles. The molecule has 0 aromatic heterocycles. The van der Waals surface area contributed by atoms with E-state index in [0.29, 0.717) is 0 Å². The number of para-hydroxylation sites is 2. The molecule has 0 fully saturated rings. The summed E-state index contributed by atoms with van der Waals surface area (Å²) >= 11 is 0. The van der Waals surface area contributed by atoms with Crippen LogP contribution in [0, 0.1) is 10.1 Å². The van der Waals surface area contributed by atoms with Crippen LogP contribution in [-0.4, -0.2) is 4.92 Å². The summed E-state index contributed by atoms with van der Waals surface area (Å²) < 4.78 is 5.69. The molecule has 0 radical (unpaired) electrons. The van der Waals surface area contributed by atoms with E-state index in [9.17, 15) is 10.1 Å². The van der Waals surface area contributed by atoms with Crippen LogP contribution in [0.15, 0.2) is 48.5 Å². The molecule has 3 rings (SSSR count). The second-order valence-corrected chi connectivity index (χ2v) is 3.99. The van der Waals surface area contributed by atoms with Crippen molar-refractivity contribution in [3.63, 3.8) is 0 Å². The zero-order chi connectivity index (χ0) is 12.5. The fourth-order valence-corrected chi connectivity index (χ4v) is 1.94. The average molecular weight is 242 g/mol. The highest BCUT2D eigenvalue weighted by Crippen LogP contribution is 2.37. The van der Waals surface area contributed by atoms with Crippen LogP contribution in [0.2, 0.25) is 0 Å². The predicted molar refractivity (Wildman–Crippen MR) is 66.5 cm³/mol. The summed E-state index contributed by atoms with van der Waals surface area (Å²) in [5, 5.41) is 13.9. The highest BCUT2D eigenvalue weighted by Gasteiger charge is 2.23. The van der Waals surface area contributed by atoms with E-state index in [-0.39, 0.29) is 11.9 Å². The number of non-ortho nitro benzene ring substituents is 1. The van der Waals surface area contributed by atoms with Gasteiger partial charge in [-0.1, -0.05) is 24.3 Å². The minimum absolute atomic E-state index is 0.0638. The molecule has 5 heteroatoms. The van der Waals surface area contributed by atoms with E-state index in [2.05, 4.69) is 5.32 Å². The first kappa shape index (κ1) is 10.6. The molecular formula is C13H10N2O3. The van der Waals surface area contributed by atoms with Crippen molar-refractivity contribution in [1.29, 1.82) is 0 Å². The number of rotatable bonds is 2. The van der Waals surface area contributed by atoms with Gasteiger partial charge in [-0.15, -0.1) is 0 Å². The molecule has 0 amide bonds. The van der Waals surface area contributed by atoms with Gasteiger partial charge in [-0.2, -0.15) is 0 Å². The van der Waals surface area contributed by atoms with E-state index < -0.39 is 4.92 Å². The molecule has 0 aliphatic carbocycles. The fraction of sp³-hybridized carbons (Fsp3) is 0.0769. The number of hydrogen-bond acceptors (Lipinski definition) is 4. The molecule has 1 aliphatic heterocycles. The number of nitrogens with zero attached hydrogens (tertiary/aromatic N) is 1. The van der Waals surface area contributed by atoms with E-state index in [1.54, 1.807) is 12.1 Å². The first-order valence-corrected chi connectivity index (χ1v) is 5.50. The lowest BCUT2D eigenvalue weighted by atomic mass is 10.2. The topological polar surface area (TPSA) is 64.4 Å². The first-order valence-electron chi connectivity index (χ1n) is 5.50. The Morgan fingerprint density at radius 2 is 2.00 bits per heavy atom. The molecule has 0 saturated carbocycles. The van der Waals surface area contributed by atoms with Crippen LogP contribution >= 0.6 is 0 Å². The Kier molecular flexibility index (Phi) is 2.37. The number of hydrogen-bond donors (Lipinski definition) is 1. The first-order chi connectivity index (χ1) is 8.74.